The number of carbonyl (C=O) groups is 1. The quantitative estimate of drug-likeness (QED) is 0.566. The molecule has 0 atom stereocenters. The number of benzene rings is 2. The Labute approximate surface area is 153 Å². The van der Waals surface area contributed by atoms with Gasteiger partial charge < -0.3 is 9.88 Å². The number of aromatic amines is 1. The van der Waals surface area contributed by atoms with E-state index in [0.717, 1.165) is 44.6 Å². The van der Waals surface area contributed by atoms with E-state index in [1.54, 1.807) is 6.08 Å². The van der Waals surface area contributed by atoms with Gasteiger partial charge in [0.15, 0.2) is 0 Å². The fraction of sp³-hybridized carbons (Fsp3) is 0.227. The zero-order chi connectivity index (χ0) is 17.8. The van der Waals surface area contributed by atoms with Crippen LogP contribution in [0.3, 0.4) is 0 Å². The number of para-hydroxylation sites is 2. The van der Waals surface area contributed by atoms with Gasteiger partial charge in [-0.05, 0) is 41.3 Å². The van der Waals surface area contributed by atoms with E-state index in [0.29, 0.717) is 0 Å². The number of hydrogen-bond acceptors (Lipinski definition) is 3. The van der Waals surface area contributed by atoms with Gasteiger partial charge in [0, 0.05) is 49.6 Å². The van der Waals surface area contributed by atoms with Crippen LogP contribution in [0.4, 0.5) is 5.69 Å². The third-order valence-electron chi connectivity index (χ3n) is 4.98. The highest BCUT2D eigenvalue weighted by Gasteiger charge is 2.19. The van der Waals surface area contributed by atoms with Gasteiger partial charge in [0.25, 0.3) is 0 Å². The monoisotopic (exact) mass is 345 g/mol. The Morgan fingerprint density at radius 2 is 1.73 bits per heavy atom. The molecule has 0 unspecified atom stereocenters. The Balaban J connectivity index is 1.41. The SMILES string of the molecule is O=C/C=C/c1ccccc1N1CCN(Cc2cc3ccccc3[nH]2)CC1. The summed E-state index contributed by atoms with van der Waals surface area (Å²) in [5.41, 5.74) is 4.78. The number of nitrogens with one attached hydrogen (secondary N) is 1. The van der Waals surface area contributed by atoms with Crippen LogP contribution in [0.15, 0.2) is 60.7 Å². The molecule has 0 amide bonds. The zero-order valence-electron chi connectivity index (χ0n) is 14.8. The predicted octanol–water partition coefficient (Wildman–Crippen LogP) is 3.70. The number of fused-ring (bicyclic) bond motifs is 1. The van der Waals surface area contributed by atoms with Crippen molar-refractivity contribution < 1.29 is 4.79 Å². The molecule has 3 aromatic rings. The molecule has 132 valence electrons. The van der Waals surface area contributed by atoms with Crippen molar-refractivity contribution in [2.75, 3.05) is 31.1 Å². The van der Waals surface area contributed by atoms with Gasteiger partial charge in [-0.15, -0.1) is 0 Å². The molecular weight excluding hydrogens is 322 g/mol. The molecule has 0 radical (unpaired) electrons. The summed E-state index contributed by atoms with van der Waals surface area (Å²) in [5.74, 6) is 0. The molecule has 2 aromatic carbocycles. The van der Waals surface area contributed by atoms with E-state index in [1.165, 1.54) is 22.3 Å². The van der Waals surface area contributed by atoms with Crippen molar-refractivity contribution in [1.82, 2.24) is 9.88 Å². The molecular formula is C22H23N3O. The lowest BCUT2D eigenvalue weighted by Crippen LogP contribution is -2.46. The maximum absolute atomic E-state index is 10.6. The van der Waals surface area contributed by atoms with Crippen molar-refractivity contribution in [3.8, 4) is 0 Å². The average Bonchev–Trinajstić information content (AvgIpc) is 3.09. The normalized spacial score (nSPS) is 15.8. The summed E-state index contributed by atoms with van der Waals surface area (Å²) < 4.78 is 0. The number of aromatic nitrogens is 1. The van der Waals surface area contributed by atoms with Gasteiger partial charge in [0.1, 0.15) is 6.29 Å². The Morgan fingerprint density at radius 3 is 2.54 bits per heavy atom. The summed E-state index contributed by atoms with van der Waals surface area (Å²) in [5, 5.41) is 1.28. The second-order valence-corrected chi connectivity index (χ2v) is 6.70. The average molecular weight is 345 g/mol. The standard InChI is InChI=1S/C22H23N3O/c26-15-5-8-18-6-2-4-10-22(18)25-13-11-24(12-14-25)17-20-16-19-7-1-3-9-21(19)23-20/h1-10,15-16,23H,11-14,17H2/b8-5+. The minimum atomic E-state index is 0.828. The lowest BCUT2D eigenvalue weighted by atomic mass is 10.1. The van der Waals surface area contributed by atoms with Crippen LogP contribution in [0.2, 0.25) is 0 Å². The Morgan fingerprint density at radius 1 is 0.962 bits per heavy atom. The second-order valence-electron chi connectivity index (χ2n) is 6.70. The highest BCUT2D eigenvalue weighted by molar-refractivity contribution is 5.80. The fourth-order valence-electron chi connectivity index (χ4n) is 3.67. The molecule has 26 heavy (non-hydrogen) atoms. The third-order valence-corrected chi connectivity index (χ3v) is 4.98. The molecule has 1 N–H and O–H groups in total. The van der Waals surface area contributed by atoms with E-state index < -0.39 is 0 Å². The van der Waals surface area contributed by atoms with E-state index in [9.17, 15) is 4.79 Å². The number of hydrogen-bond donors (Lipinski definition) is 1. The second kappa shape index (κ2) is 7.58. The van der Waals surface area contributed by atoms with Crippen molar-refractivity contribution in [3.05, 3.63) is 71.9 Å². The van der Waals surface area contributed by atoms with E-state index in [1.807, 2.05) is 12.1 Å². The summed E-state index contributed by atoms with van der Waals surface area (Å²) in [7, 11) is 0. The van der Waals surface area contributed by atoms with Crippen LogP contribution in [0.5, 0.6) is 0 Å². The van der Waals surface area contributed by atoms with Gasteiger partial charge in [0.2, 0.25) is 0 Å². The number of nitrogens with zero attached hydrogens (tertiary/aromatic N) is 2. The molecule has 4 heteroatoms. The van der Waals surface area contributed by atoms with E-state index in [4.69, 9.17) is 0 Å². The van der Waals surface area contributed by atoms with Gasteiger partial charge >= 0.3 is 0 Å². The van der Waals surface area contributed by atoms with Crippen LogP contribution in [0.25, 0.3) is 17.0 Å². The zero-order valence-corrected chi connectivity index (χ0v) is 14.8. The maximum Gasteiger partial charge on any atom is 0.142 e. The molecule has 4 nitrogen and oxygen atoms in total. The number of allylic oxidation sites excluding steroid dienone is 1. The smallest absolute Gasteiger partial charge is 0.142 e. The fourth-order valence-corrected chi connectivity index (χ4v) is 3.67. The minimum absolute atomic E-state index is 0.828. The molecule has 2 heterocycles. The van der Waals surface area contributed by atoms with Gasteiger partial charge in [0.05, 0.1) is 0 Å². The van der Waals surface area contributed by atoms with E-state index in [2.05, 4.69) is 63.3 Å². The first-order valence-electron chi connectivity index (χ1n) is 9.08. The number of anilines is 1. The summed E-state index contributed by atoms with van der Waals surface area (Å²) in [6.45, 7) is 5.00. The van der Waals surface area contributed by atoms with Crippen LogP contribution in [0, 0.1) is 0 Å². The first-order valence-corrected chi connectivity index (χ1v) is 9.08. The molecule has 0 aliphatic carbocycles. The van der Waals surface area contributed by atoms with Crippen molar-refractivity contribution in [3.63, 3.8) is 0 Å². The molecule has 0 bridgehead atoms. The van der Waals surface area contributed by atoms with Gasteiger partial charge in [-0.25, -0.2) is 0 Å². The van der Waals surface area contributed by atoms with Crippen molar-refractivity contribution in [2.45, 2.75) is 6.54 Å². The molecule has 0 saturated carbocycles. The first-order chi connectivity index (χ1) is 12.8. The molecule has 1 aliphatic rings. The summed E-state index contributed by atoms with van der Waals surface area (Å²) >= 11 is 0. The van der Waals surface area contributed by atoms with Gasteiger partial charge in [-0.2, -0.15) is 0 Å². The Hall–Kier alpha value is -2.85. The van der Waals surface area contributed by atoms with Crippen LogP contribution in [-0.2, 0) is 11.3 Å². The number of carbonyl (C=O) groups excluding carboxylic acids is 1. The molecule has 0 spiro atoms. The van der Waals surface area contributed by atoms with E-state index in [-0.39, 0.29) is 0 Å². The van der Waals surface area contributed by atoms with Crippen LogP contribution < -0.4 is 4.90 Å². The lowest BCUT2D eigenvalue weighted by Gasteiger charge is -2.36. The van der Waals surface area contributed by atoms with Crippen molar-refractivity contribution >= 4 is 29.0 Å². The highest BCUT2D eigenvalue weighted by Crippen LogP contribution is 2.24. The number of rotatable bonds is 5. The summed E-state index contributed by atoms with van der Waals surface area (Å²) in [6.07, 6.45) is 4.28. The highest BCUT2D eigenvalue weighted by atomic mass is 16.1. The minimum Gasteiger partial charge on any atom is -0.368 e. The first kappa shape index (κ1) is 16.6. The number of piperazine rings is 1. The molecule has 1 saturated heterocycles. The molecule has 1 fully saturated rings. The summed E-state index contributed by atoms with van der Waals surface area (Å²) in [4.78, 5) is 19.1. The predicted molar refractivity (Wildman–Crippen MR) is 107 cm³/mol. The lowest BCUT2D eigenvalue weighted by molar-refractivity contribution is -0.104. The van der Waals surface area contributed by atoms with Crippen LogP contribution >= 0.6 is 0 Å². The van der Waals surface area contributed by atoms with Crippen molar-refractivity contribution in [2.24, 2.45) is 0 Å². The van der Waals surface area contributed by atoms with Crippen LogP contribution in [-0.4, -0.2) is 42.3 Å². The molecule has 4 rings (SSSR count). The van der Waals surface area contributed by atoms with Crippen molar-refractivity contribution in [1.29, 1.82) is 0 Å². The summed E-state index contributed by atoms with van der Waals surface area (Å²) in [6, 6.07) is 18.9. The number of aldehydes is 1. The Kier molecular flexibility index (Phi) is 4.84. The molecule has 1 aromatic heterocycles. The molecule has 1 aliphatic heterocycles. The van der Waals surface area contributed by atoms with Crippen LogP contribution in [0.1, 0.15) is 11.3 Å². The van der Waals surface area contributed by atoms with Gasteiger partial charge in [-0.3, -0.25) is 9.69 Å². The Bertz CT molecular complexity index is 887. The van der Waals surface area contributed by atoms with Gasteiger partial charge in [-0.1, -0.05) is 36.4 Å². The number of H-pyrrole nitrogens is 1. The maximum atomic E-state index is 10.6. The topological polar surface area (TPSA) is 39.3 Å². The van der Waals surface area contributed by atoms with E-state index >= 15 is 0 Å². The third kappa shape index (κ3) is 3.55. The largest absolute Gasteiger partial charge is 0.368 e.